The van der Waals surface area contributed by atoms with Crippen LogP contribution in [-0.2, 0) is 6.54 Å². The quantitative estimate of drug-likeness (QED) is 0.682. The molecule has 0 bridgehead atoms. The zero-order chi connectivity index (χ0) is 13.1. The monoisotopic (exact) mass is 258 g/mol. The van der Waals surface area contributed by atoms with Crippen LogP contribution in [0.2, 0.25) is 0 Å². The van der Waals surface area contributed by atoms with Crippen LogP contribution in [0.5, 0.6) is 0 Å². The van der Waals surface area contributed by atoms with Crippen molar-refractivity contribution in [1.82, 2.24) is 29.7 Å². The molecule has 0 fully saturated rings. The number of hydrogen-bond acceptors (Lipinski definition) is 8. The van der Waals surface area contributed by atoms with Crippen molar-refractivity contribution in [2.45, 2.75) is 6.54 Å². The van der Waals surface area contributed by atoms with Crippen molar-refractivity contribution in [1.29, 1.82) is 0 Å². The van der Waals surface area contributed by atoms with Gasteiger partial charge < -0.3 is 15.6 Å². The molecule has 0 aromatic carbocycles. The summed E-state index contributed by atoms with van der Waals surface area (Å²) in [5, 5.41) is 6.59. The van der Waals surface area contributed by atoms with Gasteiger partial charge in [0.2, 0.25) is 17.8 Å². The number of hydrogen-bond donors (Lipinski definition) is 2. The van der Waals surface area contributed by atoms with Gasteiger partial charge >= 0.3 is 0 Å². The van der Waals surface area contributed by atoms with Crippen LogP contribution >= 0.6 is 0 Å². The van der Waals surface area contributed by atoms with Gasteiger partial charge in [0.15, 0.2) is 5.76 Å². The summed E-state index contributed by atoms with van der Waals surface area (Å²) in [6, 6.07) is 1.74. The van der Waals surface area contributed by atoms with Gasteiger partial charge in [-0.05, 0) is 0 Å². The summed E-state index contributed by atoms with van der Waals surface area (Å²) < 4.78 is 6.59. The van der Waals surface area contributed by atoms with Crippen LogP contribution in [0.4, 0.5) is 11.9 Å². The van der Waals surface area contributed by atoms with Crippen molar-refractivity contribution in [3.8, 4) is 5.95 Å². The van der Waals surface area contributed by atoms with Gasteiger partial charge in [0.1, 0.15) is 6.33 Å². The topological polar surface area (TPSA) is 121 Å². The van der Waals surface area contributed by atoms with E-state index in [9.17, 15) is 0 Å². The fourth-order valence-electron chi connectivity index (χ4n) is 1.45. The lowest BCUT2D eigenvalue weighted by Crippen LogP contribution is -2.10. The first-order valence-electron chi connectivity index (χ1n) is 5.44. The minimum absolute atomic E-state index is 0.124. The number of nitrogen functional groups attached to an aromatic ring is 1. The molecule has 3 rings (SSSR count). The molecule has 0 atom stereocenters. The standard InChI is InChI=1S/C10H10N8O/c11-8-15-9(13-5-7-1-2-14-19-7)17-10(16-8)18-4-3-12-6-18/h1-4,6H,5H2,(H3,11,13,15,16,17). The lowest BCUT2D eigenvalue weighted by atomic mass is 10.4. The first-order valence-corrected chi connectivity index (χ1v) is 5.44. The average Bonchev–Trinajstić information content (AvgIpc) is 3.09. The van der Waals surface area contributed by atoms with E-state index in [0.29, 0.717) is 24.2 Å². The number of nitrogens with two attached hydrogens (primary N) is 1. The Morgan fingerprint density at radius 3 is 2.95 bits per heavy atom. The van der Waals surface area contributed by atoms with Gasteiger partial charge in [-0.2, -0.15) is 15.0 Å². The van der Waals surface area contributed by atoms with Gasteiger partial charge in [-0.25, -0.2) is 4.98 Å². The Kier molecular flexibility index (Phi) is 2.77. The predicted octanol–water partition coefficient (Wildman–Crippen LogP) is 0.240. The summed E-state index contributed by atoms with van der Waals surface area (Å²) in [5.74, 6) is 1.54. The minimum atomic E-state index is 0.124. The third kappa shape index (κ3) is 2.49. The average molecular weight is 258 g/mol. The largest absolute Gasteiger partial charge is 0.368 e. The number of imidazole rings is 1. The molecular formula is C10H10N8O. The molecule has 0 unspecified atom stereocenters. The van der Waals surface area contributed by atoms with Crippen LogP contribution in [0.1, 0.15) is 5.76 Å². The molecule has 19 heavy (non-hydrogen) atoms. The van der Waals surface area contributed by atoms with Crippen LogP contribution < -0.4 is 11.1 Å². The maximum Gasteiger partial charge on any atom is 0.241 e. The van der Waals surface area contributed by atoms with Crippen molar-refractivity contribution in [2.75, 3.05) is 11.1 Å². The van der Waals surface area contributed by atoms with E-state index in [4.69, 9.17) is 10.3 Å². The summed E-state index contributed by atoms with van der Waals surface area (Å²) in [4.78, 5) is 16.2. The number of nitrogens with one attached hydrogen (secondary N) is 1. The Hall–Kier alpha value is -2.97. The van der Waals surface area contributed by atoms with E-state index >= 15 is 0 Å². The SMILES string of the molecule is Nc1nc(NCc2ccno2)nc(-n2ccnc2)n1. The molecule has 0 radical (unpaired) electrons. The van der Waals surface area contributed by atoms with Crippen LogP contribution in [0, 0.1) is 0 Å². The second-order valence-corrected chi connectivity index (χ2v) is 3.62. The maximum absolute atomic E-state index is 5.64. The maximum atomic E-state index is 5.64. The third-order valence-electron chi connectivity index (χ3n) is 2.29. The lowest BCUT2D eigenvalue weighted by molar-refractivity contribution is 0.387. The second kappa shape index (κ2) is 4.72. The Bertz CT molecular complexity index is 648. The van der Waals surface area contributed by atoms with E-state index in [1.807, 2.05) is 0 Å². The predicted molar refractivity (Wildman–Crippen MR) is 65.2 cm³/mol. The summed E-state index contributed by atoms with van der Waals surface area (Å²) in [6.07, 6.45) is 6.49. The van der Waals surface area contributed by atoms with E-state index in [2.05, 4.69) is 30.4 Å². The van der Waals surface area contributed by atoms with Crippen LogP contribution in [0.25, 0.3) is 5.95 Å². The van der Waals surface area contributed by atoms with Crippen molar-refractivity contribution >= 4 is 11.9 Å². The van der Waals surface area contributed by atoms with Gasteiger partial charge in [0.05, 0.1) is 12.7 Å². The van der Waals surface area contributed by atoms with Crippen LogP contribution in [-0.4, -0.2) is 29.7 Å². The Morgan fingerprint density at radius 1 is 1.26 bits per heavy atom. The van der Waals surface area contributed by atoms with Gasteiger partial charge in [0, 0.05) is 18.5 Å². The lowest BCUT2D eigenvalue weighted by Gasteiger charge is -2.05. The van der Waals surface area contributed by atoms with Crippen LogP contribution in [0.3, 0.4) is 0 Å². The fourth-order valence-corrected chi connectivity index (χ4v) is 1.45. The summed E-state index contributed by atoms with van der Waals surface area (Å²) in [7, 11) is 0. The molecule has 0 saturated carbocycles. The van der Waals surface area contributed by atoms with Gasteiger partial charge in [-0.15, -0.1) is 0 Å². The number of nitrogens with zero attached hydrogens (tertiary/aromatic N) is 6. The zero-order valence-electron chi connectivity index (χ0n) is 9.76. The first kappa shape index (κ1) is 11.1. The molecular weight excluding hydrogens is 248 g/mol. The molecule has 0 aliphatic rings. The molecule has 0 aliphatic heterocycles. The van der Waals surface area contributed by atoms with Crippen molar-refractivity contribution < 1.29 is 4.52 Å². The third-order valence-corrected chi connectivity index (χ3v) is 2.29. The van der Waals surface area contributed by atoms with E-state index in [1.165, 1.54) is 0 Å². The molecule has 3 aromatic rings. The van der Waals surface area contributed by atoms with Gasteiger partial charge in [0.25, 0.3) is 0 Å². The Morgan fingerprint density at radius 2 is 2.21 bits per heavy atom. The van der Waals surface area contributed by atoms with E-state index in [1.54, 1.807) is 35.6 Å². The van der Waals surface area contributed by atoms with Crippen molar-refractivity contribution in [3.63, 3.8) is 0 Å². The summed E-state index contributed by atoms with van der Waals surface area (Å²) >= 11 is 0. The van der Waals surface area contributed by atoms with E-state index in [-0.39, 0.29) is 5.95 Å². The van der Waals surface area contributed by atoms with Gasteiger partial charge in [-0.3, -0.25) is 4.57 Å². The molecule has 96 valence electrons. The molecule has 3 heterocycles. The fraction of sp³-hybridized carbons (Fsp3) is 0.100. The molecule has 0 aliphatic carbocycles. The normalized spacial score (nSPS) is 10.5. The molecule has 9 nitrogen and oxygen atoms in total. The Balaban J connectivity index is 1.82. The van der Waals surface area contributed by atoms with Crippen molar-refractivity contribution in [2.24, 2.45) is 0 Å². The highest BCUT2D eigenvalue weighted by Crippen LogP contribution is 2.08. The Labute approximate surface area is 107 Å². The van der Waals surface area contributed by atoms with Crippen LogP contribution in [0.15, 0.2) is 35.5 Å². The molecule has 9 heteroatoms. The van der Waals surface area contributed by atoms with Crippen molar-refractivity contribution in [3.05, 3.63) is 36.7 Å². The summed E-state index contributed by atoms with van der Waals surface area (Å²) in [6.45, 7) is 0.410. The summed E-state index contributed by atoms with van der Waals surface area (Å²) in [5.41, 5.74) is 5.64. The molecule has 3 aromatic heterocycles. The van der Waals surface area contributed by atoms with E-state index in [0.717, 1.165) is 0 Å². The highest BCUT2D eigenvalue weighted by Gasteiger charge is 2.06. The highest BCUT2D eigenvalue weighted by molar-refractivity contribution is 5.35. The minimum Gasteiger partial charge on any atom is -0.368 e. The number of rotatable bonds is 4. The van der Waals surface area contributed by atoms with Gasteiger partial charge in [-0.1, -0.05) is 5.16 Å². The number of anilines is 2. The number of aromatic nitrogens is 6. The second-order valence-electron chi connectivity index (χ2n) is 3.62. The molecule has 3 N–H and O–H groups in total. The molecule has 0 spiro atoms. The molecule has 0 saturated heterocycles. The highest BCUT2D eigenvalue weighted by atomic mass is 16.5. The molecule has 0 amide bonds. The zero-order valence-corrected chi connectivity index (χ0v) is 9.76. The smallest absolute Gasteiger partial charge is 0.241 e. The van der Waals surface area contributed by atoms with E-state index < -0.39 is 0 Å². The first-order chi connectivity index (χ1) is 9.31.